The van der Waals surface area contributed by atoms with Gasteiger partial charge in [0.15, 0.2) is 6.54 Å². The van der Waals surface area contributed by atoms with Gasteiger partial charge in [-0.2, -0.15) is 0 Å². The van der Waals surface area contributed by atoms with Crippen molar-refractivity contribution in [3.8, 4) is 0 Å². The molecule has 2 N–H and O–H groups in total. The SMILES string of the molecule is Cc1cc(C(=O)C[NH+](C)CC(=O)Nc2ccc(Cl)c(Cl)c2)c(C)n1C. The first-order chi connectivity index (χ1) is 11.7. The summed E-state index contributed by atoms with van der Waals surface area (Å²) in [6.45, 7) is 4.31. The van der Waals surface area contributed by atoms with E-state index in [1.807, 2.05) is 38.6 Å². The standard InChI is InChI=1S/C18H21Cl2N3O2/c1-11-7-14(12(2)23(11)4)17(24)9-22(3)10-18(25)21-13-5-6-15(19)16(20)8-13/h5-8H,9-10H2,1-4H3,(H,21,25)/p+1. The predicted octanol–water partition coefficient (Wildman–Crippen LogP) is 2.28. The maximum Gasteiger partial charge on any atom is 0.279 e. The molecule has 5 nitrogen and oxygen atoms in total. The maximum atomic E-state index is 12.5. The fourth-order valence-electron chi connectivity index (χ4n) is 2.62. The number of nitrogens with zero attached hydrogens (tertiary/aromatic N) is 1. The van der Waals surface area contributed by atoms with Crippen LogP contribution < -0.4 is 10.2 Å². The molecule has 134 valence electrons. The lowest BCUT2D eigenvalue weighted by Gasteiger charge is -2.13. The van der Waals surface area contributed by atoms with Crippen LogP contribution in [0.1, 0.15) is 21.7 Å². The number of aromatic nitrogens is 1. The molecule has 1 aromatic carbocycles. The van der Waals surface area contributed by atoms with E-state index in [4.69, 9.17) is 23.2 Å². The molecule has 1 aromatic heterocycles. The van der Waals surface area contributed by atoms with Crippen molar-refractivity contribution in [2.24, 2.45) is 7.05 Å². The largest absolute Gasteiger partial charge is 0.351 e. The van der Waals surface area contributed by atoms with Crippen molar-refractivity contribution < 1.29 is 14.5 Å². The first-order valence-corrected chi connectivity index (χ1v) is 8.67. The van der Waals surface area contributed by atoms with Crippen molar-refractivity contribution in [3.05, 3.63) is 51.3 Å². The molecule has 0 saturated heterocycles. The molecular formula is C18H22Cl2N3O2+. The first-order valence-electron chi connectivity index (χ1n) is 7.91. The van der Waals surface area contributed by atoms with Crippen LogP contribution in [0.4, 0.5) is 5.69 Å². The predicted molar refractivity (Wildman–Crippen MR) is 101 cm³/mol. The number of carbonyl (C=O) groups excluding carboxylic acids is 2. The Kier molecular flexibility index (Phi) is 6.27. The number of halogens is 2. The lowest BCUT2D eigenvalue weighted by atomic mass is 10.1. The van der Waals surface area contributed by atoms with E-state index >= 15 is 0 Å². The van der Waals surface area contributed by atoms with Crippen LogP contribution in [-0.2, 0) is 11.8 Å². The number of anilines is 1. The second-order valence-corrected chi connectivity index (χ2v) is 7.07. The van der Waals surface area contributed by atoms with Gasteiger partial charge in [-0.15, -0.1) is 0 Å². The number of rotatable bonds is 6. The average molecular weight is 383 g/mol. The Labute approximate surface area is 157 Å². The Morgan fingerprint density at radius 3 is 2.36 bits per heavy atom. The van der Waals surface area contributed by atoms with Crippen LogP contribution in [0.2, 0.25) is 10.0 Å². The zero-order valence-corrected chi connectivity index (χ0v) is 16.3. The van der Waals surface area contributed by atoms with Crippen molar-refractivity contribution in [2.75, 3.05) is 25.5 Å². The van der Waals surface area contributed by atoms with Crippen molar-refractivity contribution in [1.29, 1.82) is 0 Å². The van der Waals surface area contributed by atoms with Gasteiger partial charge < -0.3 is 14.8 Å². The van der Waals surface area contributed by atoms with Gasteiger partial charge in [0.1, 0.15) is 6.54 Å². The molecule has 7 heteroatoms. The third-order valence-electron chi connectivity index (χ3n) is 4.20. The molecule has 2 rings (SSSR count). The summed E-state index contributed by atoms with van der Waals surface area (Å²) in [5, 5.41) is 3.57. The molecule has 1 amide bonds. The van der Waals surface area contributed by atoms with E-state index in [1.165, 1.54) is 0 Å². The van der Waals surface area contributed by atoms with Gasteiger partial charge in [0, 0.05) is 29.7 Å². The molecule has 0 aliphatic heterocycles. The number of amides is 1. The lowest BCUT2D eigenvalue weighted by Crippen LogP contribution is -3.11. The van der Waals surface area contributed by atoms with Gasteiger partial charge in [0.05, 0.1) is 17.1 Å². The van der Waals surface area contributed by atoms with Gasteiger partial charge >= 0.3 is 0 Å². The average Bonchev–Trinajstić information content (AvgIpc) is 2.78. The third kappa shape index (κ3) is 4.84. The number of benzene rings is 1. The number of Topliss-reactive ketones (excluding diaryl/α,β-unsaturated/α-hetero) is 1. The molecule has 1 heterocycles. The molecule has 0 fully saturated rings. The Bertz CT molecular complexity index is 815. The number of aryl methyl sites for hydroxylation is 1. The van der Waals surface area contributed by atoms with E-state index in [2.05, 4.69) is 5.32 Å². The second kappa shape index (κ2) is 8.04. The fourth-order valence-corrected chi connectivity index (χ4v) is 2.92. The monoisotopic (exact) mass is 382 g/mol. The van der Waals surface area contributed by atoms with E-state index in [0.29, 0.717) is 21.3 Å². The van der Waals surface area contributed by atoms with Crippen LogP contribution in [0.5, 0.6) is 0 Å². The summed E-state index contributed by atoms with van der Waals surface area (Å²) < 4.78 is 1.99. The van der Waals surface area contributed by atoms with Crippen LogP contribution in [0.15, 0.2) is 24.3 Å². The smallest absolute Gasteiger partial charge is 0.279 e. The summed E-state index contributed by atoms with van der Waals surface area (Å²) in [6.07, 6.45) is 0. The number of likely N-dealkylation sites (N-methyl/N-ethyl adjacent to an activating group) is 1. The second-order valence-electron chi connectivity index (χ2n) is 6.25. The highest BCUT2D eigenvalue weighted by Crippen LogP contribution is 2.24. The van der Waals surface area contributed by atoms with Gasteiger partial charge in [0.25, 0.3) is 5.91 Å². The van der Waals surface area contributed by atoms with Crippen LogP contribution >= 0.6 is 23.2 Å². The number of nitrogens with one attached hydrogen (secondary N) is 2. The van der Waals surface area contributed by atoms with E-state index < -0.39 is 0 Å². The molecule has 0 saturated carbocycles. The van der Waals surface area contributed by atoms with Crippen LogP contribution in [0, 0.1) is 13.8 Å². The van der Waals surface area contributed by atoms with Gasteiger partial charge in [-0.25, -0.2) is 0 Å². The van der Waals surface area contributed by atoms with E-state index in [9.17, 15) is 9.59 Å². The topological polar surface area (TPSA) is 55.5 Å². The van der Waals surface area contributed by atoms with Crippen molar-refractivity contribution in [1.82, 2.24) is 4.57 Å². The van der Waals surface area contributed by atoms with Crippen LogP contribution in [0.25, 0.3) is 0 Å². The van der Waals surface area contributed by atoms with Gasteiger partial charge in [-0.3, -0.25) is 9.59 Å². The Hall–Kier alpha value is -1.82. The fraction of sp³-hybridized carbons (Fsp3) is 0.333. The number of ketones is 1. The van der Waals surface area contributed by atoms with Crippen molar-refractivity contribution in [2.45, 2.75) is 13.8 Å². The quantitative estimate of drug-likeness (QED) is 0.753. The van der Waals surface area contributed by atoms with E-state index in [0.717, 1.165) is 16.3 Å². The van der Waals surface area contributed by atoms with Crippen molar-refractivity contribution in [3.63, 3.8) is 0 Å². The first kappa shape index (κ1) is 19.5. The number of quaternary nitrogens is 1. The molecule has 0 spiro atoms. The number of hydrogen-bond donors (Lipinski definition) is 2. The molecule has 0 radical (unpaired) electrons. The minimum Gasteiger partial charge on any atom is -0.351 e. The van der Waals surface area contributed by atoms with Crippen molar-refractivity contribution >= 4 is 40.6 Å². The Balaban J connectivity index is 1.93. The normalized spacial score (nSPS) is 12.1. The zero-order valence-electron chi connectivity index (χ0n) is 14.7. The summed E-state index contributed by atoms with van der Waals surface area (Å²) in [7, 11) is 3.75. The Morgan fingerprint density at radius 2 is 1.80 bits per heavy atom. The minimum absolute atomic E-state index is 0.0287. The van der Waals surface area contributed by atoms with Crippen LogP contribution in [0.3, 0.4) is 0 Å². The van der Waals surface area contributed by atoms with E-state index in [1.54, 1.807) is 18.2 Å². The molecule has 25 heavy (non-hydrogen) atoms. The summed E-state index contributed by atoms with van der Waals surface area (Å²) in [4.78, 5) is 25.4. The maximum absolute atomic E-state index is 12.5. The highest BCUT2D eigenvalue weighted by molar-refractivity contribution is 6.42. The molecule has 0 aliphatic rings. The van der Waals surface area contributed by atoms with Crippen LogP contribution in [-0.4, -0.2) is 36.4 Å². The molecular weight excluding hydrogens is 361 g/mol. The number of carbonyl (C=O) groups is 2. The highest BCUT2D eigenvalue weighted by Gasteiger charge is 2.19. The van der Waals surface area contributed by atoms with Gasteiger partial charge in [-0.05, 0) is 38.1 Å². The summed E-state index contributed by atoms with van der Waals surface area (Å²) in [6, 6.07) is 6.79. The van der Waals surface area contributed by atoms with E-state index in [-0.39, 0.29) is 24.8 Å². The molecule has 2 aromatic rings. The minimum atomic E-state index is -0.190. The Morgan fingerprint density at radius 1 is 1.12 bits per heavy atom. The van der Waals surface area contributed by atoms with Gasteiger partial charge in [0.2, 0.25) is 5.78 Å². The molecule has 1 unspecified atom stereocenters. The summed E-state index contributed by atoms with van der Waals surface area (Å²) in [5.41, 5.74) is 3.27. The molecule has 1 atom stereocenters. The third-order valence-corrected chi connectivity index (χ3v) is 4.94. The summed E-state index contributed by atoms with van der Waals surface area (Å²) >= 11 is 11.8. The zero-order chi connectivity index (χ0) is 18.7. The highest BCUT2D eigenvalue weighted by atomic mass is 35.5. The van der Waals surface area contributed by atoms with Gasteiger partial charge in [-0.1, -0.05) is 23.2 Å². The lowest BCUT2D eigenvalue weighted by molar-refractivity contribution is -0.861. The number of hydrogen-bond acceptors (Lipinski definition) is 2. The molecule has 0 aliphatic carbocycles. The summed E-state index contributed by atoms with van der Waals surface area (Å²) in [5.74, 6) is -0.161. The molecule has 0 bridgehead atoms.